The van der Waals surface area contributed by atoms with Crippen molar-refractivity contribution in [1.29, 1.82) is 0 Å². The second-order valence-corrected chi connectivity index (χ2v) is 17.5. The second kappa shape index (κ2) is 38.5. The van der Waals surface area contributed by atoms with Crippen LogP contribution in [0.4, 0.5) is 0 Å². The molecule has 9 nitrogen and oxygen atoms in total. The second-order valence-electron chi connectivity index (χ2n) is 16.1. The minimum absolute atomic E-state index is 0.0439. The lowest BCUT2D eigenvalue weighted by molar-refractivity contribution is -0.870. The van der Waals surface area contributed by atoms with Gasteiger partial charge in [-0.3, -0.25) is 14.2 Å². The standard InChI is InChI=1S/C46H84NO8P/c1-6-8-10-12-14-16-18-20-22-23-25-26-28-30-32-34-36-38-45(48)52-42-44(43-54-56(50,51)53-41-40-47(3,4)5)55-46(49)39-37-35-33-31-29-27-24-21-19-17-15-13-11-9-7-2/h21,24-26,29-32,44H,6-20,22-23,27-28,33-43H2,1-5H3/b24-21+,26-25+,31-29+,32-30+/t44-/m1/s1. The molecule has 0 saturated carbocycles. The zero-order valence-corrected chi connectivity index (χ0v) is 37.5. The number of allylic oxidation sites excluding steroid dienone is 8. The number of phosphoric acid groups is 1. The molecular formula is C46H84NO8P. The minimum atomic E-state index is -4.64. The van der Waals surface area contributed by atoms with Gasteiger partial charge in [-0.2, -0.15) is 0 Å². The van der Waals surface area contributed by atoms with Crippen molar-refractivity contribution in [2.45, 2.75) is 187 Å². The molecule has 1 unspecified atom stereocenters. The molecule has 0 N–H and O–H groups in total. The van der Waals surface area contributed by atoms with Gasteiger partial charge in [0.1, 0.15) is 19.8 Å². The van der Waals surface area contributed by atoms with E-state index in [0.717, 1.165) is 44.9 Å². The van der Waals surface area contributed by atoms with Crippen LogP contribution in [0.3, 0.4) is 0 Å². The van der Waals surface area contributed by atoms with E-state index in [1.807, 2.05) is 21.1 Å². The van der Waals surface area contributed by atoms with Gasteiger partial charge in [0.2, 0.25) is 0 Å². The highest BCUT2D eigenvalue weighted by Gasteiger charge is 2.21. The van der Waals surface area contributed by atoms with E-state index < -0.39 is 32.5 Å². The molecule has 0 aromatic carbocycles. The normalized spacial score (nSPS) is 14.0. The maximum absolute atomic E-state index is 12.6. The van der Waals surface area contributed by atoms with Crippen LogP contribution >= 0.6 is 7.82 Å². The molecule has 0 amide bonds. The van der Waals surface area contributed by atoms with Gasteiger partial charge in [0, 0.05) is 12.8 Å². The largest absolute Gasteiger partial charge is 0.756 e. The van der Waals surface area contributed by atoms with Crippen LogP contribution in [0.15, 0.2) is 48.6 Å². The van der Waals surface area contributed by atoms with Crippen molar-refractivity contribution in [3.05, 3.63) is 48.6 Å². The van der Waals surface area contributed by atoms with Crippen molar-refractivity contribution >= 4 is 19.8 Å². The molecule has 0 bridgehead atoms. The first kappa shape index (κ1) is 54.0. The van der Waals surface area contributed by atoms with E-state index in [1.165, 1.54) is 96.3 Å². The Hall–Kier alpha value is -2.03. The summed E-state index contributed by atoms with van der Waals surface area (Å²) in [6.45, 7) is 4.13. The molecule has 56 heavy (non-hydrogen) atoms. The van der Waals surface area contributed by atoms with Crippen LogP contribution in [0.5, 0.6) is 0 Å². The van der Waals surface area contributed by atoms with Crippen molar-refractivity contribution in [3.63, 3.8) is 0 Å². The van der Waals surface area contributed by atoms with E-state index >= 15 is 0 Å². The van der Waals surface area contributed by atoms with Crippen LogP contribution in [0, 0.1) is 0 Å². The first-order chi connectivity index (χ1) is 27.0. The lowest BCUT2D eigenvalue weighted by atomic mass is 10.1. The number of unbranched alkanes of at least 4 members (excludes halogenated alkanes) is 18. The molecular weight excluding hydrogens is 725 g/mol. The lowest BCUT2D eigenvalue weighted by Crippen LogP contribution is -2.37. The molecule has 0 heterocycles. The molecule has 0 rings (SSSR count). The Morgan fingerprint density at radius 1 is 0.554 bits per heavy atom. The number of ether oxygens (including phenoxy) is 2. The highest BCUT2D eigenvalue weighted by molar-refractivity contribution is 7.45. The Morgan fingerprint density at radius 2 is 0.982 bits per heavy atom. The highest BCUT2D eigenvalue weighted by Crippen LogP contribution is 2.38. The van der Waals surface area contributed by atoms with Gasteiger partial charge in [-0.05, 0) is 70.6 Å². The van der Waals surface area contributed by atoms with Crippen molar-refractivity contribution < 1.29 is 42.1 Å². The number of hydrogen-bond acceptors (Lipinski definition) is 8. The first-order valence-electron chi connectivity index (χ1n) is 22.3. The van der Waals surface area contributed by atoms with Crippen molar-refractivity contribution in [2.24, 2.45) is 0 Å². The Kier molecular flexibility index (Phi) is 37.1. The quantitative estimate of drug-likeness (QED) is 0.0198. The maximum atomic E-state index is 12.6. The SMILES string of the molecule is CCCCCCCC/C=C/C/C=C/CCCCC(=O)O[C@H](COC(=O)CCC/C=C/C/C=C/CCCCCCCCCCC)COP(=O)([O-])OCC[N+](C)(C)C. The Morgan fingerprint density at radius 3 is 1.46 bits per heavy atom. The Bertz CT molecular complexity index is 1100. The molecule has 2 atom stereocenters. The van der Waals surface area contributed by atoms with E-state index in [4.69, 9.17) is 18.5 Å². The van der Waals surface area contributed by atoms with Crippen molar-refractivity contribution in [2.75, 3.05) is 47.5 Å². The topological polar surface area (TPSA) is 111 Å². The van der Waals surface area contributed by atoms with Gasteiger partial charge in [-0.1, -0.05) is 146 Å². The summed E-state index contributed by atoms with van der Waals surface area (Å²) in [4.78, 5) is 37.5. The van der Waals surface area contributed by atoms with E-state index in [1.54, 1.807) is 0 Å². The van der Waals surface area contributed by atoms with Crippen LogP contribution in [-0.4, -0.2) is 70.0 Å². The maximum Gasteiger partial charge on any atom is 0.306 e. The summed E-state index contributed by atoms with van der Waals surface area (Å²) in [5, 5.41) is 0. The summed E-state index contributed by atoms with van der Waals surface area (Å²) in [7, 11) is 1.12. The fraction of sp³-hybridized carbons (Fsp3) is 0.783. The van der Waals surface area contributed by atoms with Crippen molar-refractivity contribution in [1.82, 2.24) is 0 Å². The molecule has 326 valence electrons. The fourth-order valence-electron chi connectivity index (χ4n) is 5.78. The summed E-state index contributed by atoms with van der Waals surface area (Å²) >= 11 is 0. The Balaban J connectivity index is 4.47. The van der Waals surface area contributed by atoms with E-state index in [0.29, 0.717) is 23.9 Å². The Labute approximate surface area is 343 Å². The number of hydrogen-bond donors (Lipinski definition) is 0. The number of esters is 2. The van der Waals surface area contributed by atoms with Crippen LogP contribution in [0.1, 0.15) is 181 Å². The molecule has 0 aromatic rings. The molecule has 0 fully saturated rings. The molecule has 0 aromatic heterocycles. The van der Waals surface area contributed by atoms with E-state index in [-0.39, 0.29) is 26.1 Å². The van der Waals surface area contributed by atoms with Crippen LogP contribution in [-0.2, 0) is 32.7 Å². The molecule has 0 spiro atoms. The summed E-state index contributed by atoms with van der Waals surface area (Å²) in [5.74, 6) is -0.927. The molecule has 0 radical (unpaired) electrons. The number of likely N-dealkylation sites (N-methyl/N-ethyl adjacent to an activating group) is 1. The lowest BCUT2D eigenvalue weighted by Gasteiger charge is -2.28. The predicted octanol–water partition coefficient (Wildman–Crippen LogP) is 12.1. The van der Waals surface area contributed by atoms with Gasteiger partial charge in [-0.25, -0.2) is 0 Å². The average Bonchev–Trinajstić information content (AvgIpc) is 3.15. The first-order valence-corrected chi connectivity index (χ1v) is 23.8. The third-order valence-electron chi connectivity index (χ3n) is 9.32. The van der Waals surface area contributed by atoms with Gasteiger partial charge < -0.3 is 27.9 Å². The zero-order chi connectivity index (χ0) is 41.4. The molecule has 0 saturated heterocycles. The van der Waals surface area contributed by atoms with Crippen LogP contribution < -0.4 is 4.89 Å². The molecule has 0 aliphatic carbocycles. The summed E-state index contributed by atoms with van der Waals surface area (Å²) in [6.07, 6.45) is 44.4. The van der Waals surface area contributed by atoms with Gasteiger partial charge in [-0.15, -0.1) is 0 Å². The summed E-state index contributed by atoms with van der Waals surface area (Å²) < 4.78 is 33.8. The number of carbonyl (C=O) groups is 2. The molecule has 10 heteroatoms. The van der Waals surface area contributed by atoms with Crippen LogP contribution in [0.25, 0.3) is 0 Å². The smallest absolute Gasteiger partial charge is 0.306 e. The monoisotopic (exact) mass is 810 g/mol. The van der Waals surface area contributed by atoms with E-state index in [9.17, 15) is 19.0 Å². The van der Waals surface area contributed by atoms with Gasteiger partial charge in [0.25, 0.3) is 7.82 Å². The number of carbonyl (C=O) groups excluding carboxylic acids is 2. The van der Waals surface area contributed by atoms with Crippen molar-refractivity contribution in [3.8, 4) is 0 Å². The minimum Gasteiger partial charge on any atom is -0.756 e. The number of quaternary nitrogens is 1. The number of rotatable bonds is 40. The average molecular weight is 810 g/mol. The van der Waals surface area contributed by atoms with Gasteiger partial charge in [0.05, 0.1) is 27.7 Å². The fourth-order valence-corrected chi connectivity index (χ4v) is 6.51. The molecule has 0 aliphatic rings. The highest BCUT2D eigenvalue weighted by atomic mass is 31.2. The number of nitrogens with zero attached hydrogens (tertiary/aromatic N) is 1. The third-order valence-corrected chi connectivity index (χ3v) is 10.3. The van der Waals surface area contributed by atoms with E-state index in [2.05, 4.69) is 62.5 Å². The summed E-state index contributed by atoms with van der Waals surface area (Å²) in [5.41, 5.74) is 0. The van der Waals surface area contributed by atoms with Gasteiger partial charge >= 0.3 is 11.9 Å². The van der Waals surface area contributed by atoms with Gasteiger partial charge in [0.15, 0.2) is 6.10 Å². The molecule has 0 aliphatic heterocycles. The third kappa shape index (κ3) is 41.6. The van der Waals surface area contributed by atoms with Crippen LogP contribution in [0.2, 0.25) is 0 Å². The zero-order valence-electron chi connectivity index (χ0n) is 36.6. The summed E-state index contributed by atoms with van der Waals surface area (Å²) in [6, 6.07) is 0. The predicted molar refractivity (Wildman–Crippen MR) is 231 cm³/mol. The number of phosphoric ester groups is 1.